The third kappa shape index (κ3) is 3.49. The van der Waals surface area contributed by atoms with Gasteiger partial charge in [-0.3, -0.25) is 9.78 Å². The molecule has 0 fully saturated rings. The number of halogens is 1. The van der Waals surface area contributed by atoms with E-state index >= 15 is 0 Å². The molecule has 1 heterocycles. The number of unbranched alkanes of at least 4 members (excludes halogenated alkanes) is 2. The average Bonchev–Trinajstić information content (AvgIpc) is 2.29. The van der Waals surface area contributed by atoms with Gasteiger partial charge in [0.25, 0.3) is 5.91 Å². The lowest BCUT2D eigenvalue weighted by molar-refractivity contribution is 0.0792. The molecule has 0 bridgehead atoms. The minimum Gasteiger partial charge on any atom is -0.342 e. The third-order valence-electron chi connectivity index (χ3n) is 2.45. The van der Waals surface area contributed by atoms with Crippen LogP contribution in [-0.2, 0) is 0 Å². The van der Waals surface area contributed by atoms with Crippen LogP contribution in [0.2, 0.25) is 5.02 Å². The van der Waals surface area contributed by atoms with Crippen LogP contribution in [0.1, 0.15) is 36.5 Å². The Morgan fingerprint density at radius 1 is 1.50 bits per heavy atom. The predicted octanol–water partition coefficient (Wildman–Crippen LogP) is 3.00. The summed E-state index contributed by atoms with van der Waals surface area (Å²) in [7, 11) is 1.80. The first kappa shape index (κ1) is 13.0. The molecule has 0 aromatic carbocycles. The minimum atomic E-state index is -0.0384. The fraction of sp³-hybridized carbons (Fsp3) is 0.500. The summed E-state index contributed by atoms with van der Waals surface area (Å²) < 4.78 is 0. The van der Waals surface area contributed by atoms with Gasteiger partial charge in [-0.2, -0.15) is 0 Å². The number of carbonyl (C=O) groups is 1. The van der Waals surface area contributed by atoms with E-state index in [-0.39, 0.29) is 5.91 Å². The van der Waals surface area contributed by atoms with Crippen molar-refractivity contribution in [1.82, 2.24) is 9.88 Å². The highest BCUT2D eigenvalue weighted by molar-refractivity contribution is 6.33. The van der Waals surface area contributed by atoms with Crippen molar-refractivity contribution < 1.29 is 4.79 Å². The largest absolute Gasteiger partial charge is 0.342 e. The first-order chi connectivity index (χ1) is 7.66. The molecule has 0 aliphatic carbocycles. The van der Waals surface area contributed by atoms with Gasteiger partial charge in [-0.05, 0) is 12.5 Å². The summed E-state index contributed by atoms with van der Waals surface area (Å²) in [6.45, 7) is 2.91. The van der Waals surface area contributed by atoms with Crippen molar-refractivity contribution in [3.8, 4) is 0 Å². The summed E-state index contributed by atoms with van der Waals surface area (Å²) in [5, 5.41) is 0.412. The summed E-state index contributed by atoms with van der Waals surface area (Å²) in [5.41, 5.74) is 0.524. The van der Waals surface area contributed by atoms with E-state index in [2.05, 4.69) is 11.9 Å². The van der Waals surface area contributed by atoms with Gasteiger partial charge in [0.15, 0.2) is 0 Å². The van der Waals surface area contributed by atoms with E-state index in [4.69, 9.17) is 11.6 Å². The normalized spacial score (nSPS) is 10.2. The smallest absolute Gasteiger partial charge is 0.255 e. The Bertz CT molecular complexity index is 355. The van der Waals surface area contributed by atoms with E-state index in [0.717, 1.165) is 25.8 Å². The van der Waals surface area contributed by atoms with Crippen LogP contribution in [0, 0.1) is 0 Å². The number of hydrogen-bond acceptors (Lipinski definition) is 2. The Labute approximate surface area is 101 Å². The molecule has 4 heteroatoms. The SMILES string of the molecule is CCCCCN(C)C(=O)c1ccncc1Cl. The molecule has 16 heavy (non-hydrogen) atoms. The topological polar surface area (TPSA) is 33.2 Å². The molecule has 1 aromatic rings. The van der Waals surface area contributed by atoms with Gasteiger partial charge in [-0.15, -0.1) is 0 Å². The number of rotatable bonds is 5. The van der Waals surface area contributed by atoms with E-state index in [1.54, 1.807) is 24.2 Å². The van der Waals surface area contributed by atoms with Crippen LogP contribution in [0.25, 0.3) is 0 Å². The van der Waals surface area contributed by atoms with E-state index in [0.29, 0.717) is 10.6 Å². The summed E-state index contributed by atoms with van der Waals surface area (Å²) >= 11 is 5.91. The molecule has 0 saturated carbocycles. The summed E-state index contributed by atoms with van der Waals surface area (Å²) in [6.07, 6.45) is 6.40. The summed E-state index contributed by atoms with van der Waals surface area (Å²) in [6, 6.07) is 1.65. The molecular formula is C12H17ClN2O. The number of hydrogen-bond donors (Lipinski definition) is 0. The number of amides is 1. The number of aromatic nitrogens is 1. The minimum absolute atomic E-state index is 0.0384. The molecule has 88 valence electrons. The van der Waals surface area contributed by atoms with Gasteiger partial charge in [0, 0.05) is 26.0 Å². The van der Waals surface area contributed by atoms with Crippen LogP contribution >= 0.6 is 11.6 Å². The molecule has 3 nitrogen and oxygen atoms in total. The Kier molecular flexibility index (Phi) is 5.26. The molecule has 1 aromatic heterocycles. The quantitative estimate of drug-likeness (QED) is 0.742. The number of pyridine rings is 1. The lowest BCUT2D eigenvalue weighted by Gasteiger charge is -2.17. The van der Waals surface area contributed by atoms with E-state index < -0.39 is 0 Å². The van der Waals surface area contributed by atoms with Crippen molar-refractivity contribution in [2.45, 2.75) is 26.2 Å². The van der Waals surface area contributed by atoms with Crippen LogP contribution in [0.5, 0.6) is 0 Å². The van der Waals surface area contributed by atoms with Crippen LogP contribution < -0.4 is 0 Å². The average molecular weight is 241 g/mol. The Morgan fingerprint density at radius 2 is 2.25 bits per heavy atom. The fourth-order valence-corrected chi connectivity index (χ4v) is 1.65. The van der Waals surface area contributed by atoms with Crippen molar-refractivity contribution in [2.24, 2.45) is 0 Å². The Hall–Kier alpha value is -1.09. The molecule has 0 saturated heterocycles. The lowest BCUT2D eigenvalue weighted by atomic mass is 10.2. The van der Waals surface area contributed by atoms with Crippen LogP contribution in [-0.4, -0.2) is 29.4 Å². The summed E-state index contributed by atoms with van der Waals surface area (Å²) in [4.78, 5) is 17.5. The maximum absolute atomic E-state index is 12.0. The molecule has 1 amide bonds. The second-order valence-electron chi connectivity index (χ2n) is 3.79. The zero-order chi connectivity index (χ0) is 12.0. The van der Waals surface area contributed by atoms with E-state index in [9.17, 15) is 4.79 Å². The molecule has 0 radical (unpaired) electrons. The fourth-order valence-electron chi connectivity index (χ4n) is 1.45. The second-order valence-corrected chi connectivity index (χ2v) is 4.20. The van der Waals surface area contributed by atoms with Gasteiger partial charge in [0.05, 0.1) is 10.6 Å². The van der Waals surface area contributed by atoms with Gasteiger partial charge in [-0.25, -0.2) is 0 Å². The van der Waals surface area contributed by atoms with Crippen molar-refractivity contribution >= 4 is 17.5 Å². The van der Waals surface area contributed by atoms with Gasteiger partial charge in [0.2, 0.25) is 0 Å². The lowest BCUT2D eigenvalue weighted by Crippen LogP contribution is -2.28. The van der Waals surface area contributed by atoms with Crippen molar-refractivity contribution in [1.29, 1.82) is 0 Å². The van der Waals surface area contributed by atoms with Gasteiger partial charge in [-0.1, -0.05) is 31.4 Å². The molecule has 0 spiro atoms. The molecule has 0 unspecified atom stereocenters. The van der Waals surface area contributed by atoms with Crippen LogP contribution in [0.4, 0.5) is 0 Å². The standard InChI is InChI=1S/C12H17ClN2O/c1-3-4-5-8-15(2)12(16)10-6-7-14-9-11(10)13/h6-7,9H,3-5,8H2,1-2H3. The van der Waals surface area contributed by atoms with Gasteiger partial charge < -0.3 is 4.90 Å². The highest BCUT2D eigenvalue weighted by Crippen LogP contribution is 2.15. The first-order valence-corrected chi connectivity index (χ1v) is 5.89. The maximum atomic E-state index is 12.0. The molecule has 0 aliphatic heterocycles. The first-order valence-electron chi connectivity index (χ1n) is 5.51. The monoisotopic (exact) mass is 240 g/mol. The predicted molar refractivity (Wildman–Crippen MR) is 65.7 cm³/mol. The highest BCUT2D eigenvalue weighted by atomic mass is 35.5. The van der Waals surface area contributed by atoms with Crippen LogP contribution in [0.15, 0.2) is 18.5 Å². The Morgan fingerprint density at radius 3 is 2.88 bits per heavy atom. The number of carbonyl (C=O) groups excluding carboxylic acids is 1. The zero-order valence-corrected chi connectivity index (χ0v) is 10.5. The molecular weight excluding hydrogens is 224 g/mol. The number of nitrogens with zero attached hydrogens (tertiary/aromatic N) is 2. The zero-order valence-electron chi connectivity index (χ0n) is 9.74. The third-order valence-corrected chi connectivity index (χ3v) is 2.75. The Balaban J connectivity index is 2.60. The maximum Gasteiger partial charge on any atom is 0.255 e. The van der Waals surface area contributed by atoms with Gasteiger partial charge in [0.1, 0.15) is 0 Å². The second kappa shape index (κ2) is 6.48. The molecule has 1 rings (SSSR count). The molecule has 0 aliphatic rings. The van der Waals surface area contributed by atoms with E-state index in [1.807, 2.05) is 0 Å². The highest BCUT2D eigenvalue weighted by Gasteiger charge is 2.14. The van der Waals surface area contributed by atoms with Gasteiger partial charge >= 0.3 is 0 Å². The van der Waals surface area contributed by atoms with Crippen molar-refractivity contribution in [3.05, 3.63) is 29.0 Å². The van der Waals surface area contributed by atoms with Crippen molar-refractivity contribution in [3.63, 3.8) is 0 Å². The van der Waals surface area contributed by atoms with Crippen molar-refractivity contribution in [2.75, 3.05) is 13.6 Å². The molecule has 0 N–H and O–H groups in total. The van der Waals surface area contributed by atoms with Crippen LogP contribution in [0.3, 0.4) is 0 Å². The summed E-state index contributed by atoms with van der Waals surface area (Å²) in [5.74, 6) is -0.0384. The van der Waals surface area contributed by atoms with E-state index in [1.165, 1.54) is 6.20 Å². The molecule has 0 atom stereocenters.